The summed E-state index contributed by atoms with van der Waals surface area (Å²) in [6.45, 7) is 11.7. The molecule has 0 aromatic heterocycles. The summed E-state index contributed by atoms with van der Waals surface area (Å²) in [4.78, 5) is 11.1. The SMILES string of the molecule is CC(C)(C)[Si](C)(C)OC1CNC(CCCl)C1=C=O. The molecule has 0 aromatic rings. The van der Waals surface area contributed by atoms with Crippen LogP contribution >= 0.6 is 11.6 Å². The average molecular weight is 290 g/mol. The molecule has 5 heteroatoms. The van der Waals surface area contributed by atoms with Crippen molar-refractivity contribution in [3.63, 3.8) is 0 Å². The molecular weight excluding hydrogens is 266 g/mol. The van der Waals surface area contributed by atoms with Gasteiger partial charge in [0, 0.05) is 18.5 Å². The van der Waals surface area contributed by atoms with Gasteiger partial charge >= 0.3 is 0 Å². The minimum atomic E-state index is -1.85. The van der Waals surface area contributed by atoms with E-state index in [4.69, 9.17) is 16.0 Å². The fraction of sp³-hybridized carbons (Fsp3) is 0.846. The third kappa shape index (κ3) is 3.46. The van der Waals surface area contributed by atoms with Crippen molar-refractivity contribution < 1.29 is 9.22 Å². The van der Waals surface area contributed by atoms with Crippen LogP contribution in [0.1, 0.15) is 27.2 Å². The van der Waals surface area contributed by atoms with Gasteiger partial charge in [0.15, 0.2) is 8.32 Å². The molecule has 18 heavy (non-hydrogen) atoms. The summed E-state index contributed by atoms with van der Waals surface area (Å²) >= 11 is 5.74. The van der Waals surface area contributed by atoms with Gasteiger partial charge in [-0.2, -0.15) is 0 Å². The van der Waals surface area contributed by atoms with Crippen LogP contribution < -0.4 is 5.32 Å². The van der Waals surface area contributed by atoms with Gasteiger partial charge in [0.1, 0.15) is 5.94 Å². The lowest BCUT2D eigenvalue weighted by Crippen LogP contribution is -2.44. The summed E-state index contributed by atoms with van der Waals surface area (Å²) in [5.74, 6) is 2.60. The Labute approximate surface area is 116 Å². The number of rotatable bonds is 4. The molecule has 0 bridgehead atoms. The Morgan fingerprint density at radius 2 is 2.11 bits per heavy atom. The molecule has 0 spiro atoms. The summed E-state index contributed by atoms with van der Waals surface area (Å²) in [6.07, 6.45) is 0.625. The molecule has 0 saturated carbocycles. The Balaban J connectivity index is 2.78. The molecule has 0 aliphatic carbocycles. The molecule has 104 valence electrons. The van der Waals surface area contributed by atoms with Crippen LogP contribution in [0.4, 0.5) is 0 Å². The molecule has 0 amide bonds. The summed E-state index contributed by atoms with van der Waals surface area (Å²) in [6, 6.07) is 0.0368. The van der Waals surface area contributed by atoms with E-state index in [0.29, 0.717) is 18.0 Å². The fourth-order valence-corrected chi connectivity index (χ4v) is 3.33. The Kier molecular flexibility index (Phi) is 5.21. The third-order valence-electron chi connectivity index (χ3n) is 4.03. The highest BCUT2D eigenvalue weighted by atomic mass is 35.5. The fourth-order valence-electron chi connectivity index (χ4n) is 1.83. The molecule has 2 atom stereocenters. The number of hydrogen-bond acceptors (Lipinski definition) is 3. The minimum Gasteiger partial charge on any atom is -0.408 e. The zero-order valence-electron chi connectivity index (χ0n) is 12.0. The number of nitrogens with one attached hydrogen (secondary N) is 1. The molecule has 1 saturated heterocycles. The Morgan fingerprint density at radius 1 is 1.50 bits per heavy atom. The van der Waals surface area contributed by atoms with E-state index in [2.05, 4.69) is 45.1 Å². The molecule has 1 N–H and O–H groups in total. The average Bonchev–Trinajstić information content (AvgIpc) is 2.58. The Morgan fingerprint density at radius 3 is 2.56 bits per heavy atom. The number of halogens is 1. The Bertz CT molecular complexity index is 345. The van der Waals surface area contributed by atoms with Gasteiger partial charge in [-0.05, 0) is 24.6 Å². The van der Waals surface area contributed by atoms with Gasteiger partial charge in [-0.3, -0.25) is 0 Å². The van der Waals surface area contributed by atoms with Crippen LogP contribution in [0.15, 0.2) is 5.57 Å². The predicted octanol–water partition coefficient (Wildman–Crippen LogP) is 2.74. The standard InChI is InChI=1S/C13H24ClNO2Si/c1-13(2,3)18(4,5)17-12-8-15-11(6-7-14)10(12)9-16/h11-12,15H,6-8H2,1-5H3. The van der Waals surface area contributed by atoms with Crippen LogP contribution in [0, 0.1) is 0 Å². The second-order valence-electron chi connectivity index (χ2n) is 6.36. The summed E-state index contributed by atoms with van der Waals surface area (Å²) in [5, 5.41) is 3.44. The van der Waals surface area contributed by atoms with Crippen LogP contribution in [-0.2, 0) is 9.22 Å². The maximum Gasteiger partial charge on any atom is 0.192 e. The normalized spacial score (nSPS) is 25.3. The first kappa shape index (κ1) is 15.9. The van der Waals surface area contributed by atoms with Crippen molar-refractivity contribution in [1.29, 1.82) is 0 Å². The van der Waals surface area contributed by atoms with Crippen LogP contribution in [0.5, 0.6) is 0 Å². The zero-order valence-corrected chi connectivity index (χ0v) is 13.7. The summed E-state index contributed by atoms with van der Waals surface area (Å²) < 4.78 is 6.28. The smallest absolute Gasteiger partial charge is 0.192 e. The molecule has 0 radical (unpaired) electrons. The summed E-state index contributed by atoms with van der Waals surface area (Å²) in [7, 11) is -1.85. The van der Waals surface area contributed by atoms with E-state index in [0.717, 1.165) is 6.42 Å². The van der Waals surface area contributed by atoms with E-state index in [1.165, 1.54) is 0 Å². The molecule has 1 heterocycles. The minimum absolute atomic E-state index is 0.0368. The van der Waals surface area contributed by atoms with E-state index in [1.54, 1.807) is 0 Å². The lowest BCUT2D eigenvalue weighted by atomic mass is 10.1. The lowest BCUT2D eigenvalue weighted by Gasteiger charge is -2.38. The third-order valence-corrected chi connectivity index (χ3v) is 8.74. The highest BCUT2D eigenvalue weighted by Gasteiger charge is 2.42. The second kappa shape index (κ2) is 5.89. The van der Waals surface area contributed by atoms with Crippen molar-refractivity contribution in [2.45, 2.75) is 57.5 Å². The molecule has 1 aliphatic rings. The van der Waals surface area contributed by atoms with E-state index in [1.807, 2.05) is 0 Å². The van der Waals surface area contributed by atoms with Crippen molar-refractivity contribution in [3.05, 3.63) is 5.57 Å². The van der Waals surface area contributed by atoms with Crippen LogP contribution in [0.25, 0.3) is 0 Å². The first-order valence-corrected chi connectivity index (χ1v) is 9.89. The molecule has 0 aromatic carbocycles. The molecule has 2 unspecified atom stereocenters. The quantitative estimate of drug-likeness (QED) is 0.491. The maximum absolute atomic E-state index is 11.1. The van der Waals surface area contributed by atoms with E-state index in [-0.39, 0.29) is 17.2 Å². The lowest BCUT2D eigenvalue weighted by molar-refractivity contribution is 0.231. The molecule has 1 fully saturated rings. The van der Waals surface area contributed by atoms with Gasteiger partial charge < -0.3 is 9.74 Å². The highest BCUT2D eigenvalue weighted by Crippen LogP contribution is 2.38. The van der Waals surface area contributed by atoms with Crippen LogP contribution in [0.3, 0.4) is 0 Å². The van der Waals surface area contributed by atoms with Crippen molar-refractivity contribution in [2.75, 3.05) is 12.4 Å². The van der Waals surface area contributed by atoms with Crippen molar-refractivity contribution in [2.24, 2.45) is 0 Å². The van der Waals surface area contributed by atoms with E-state index in [9.17, 15) is 4.79 Å². The van der Waals surface area contributed by atoms with Crippen LogP contribution in [-0.4, -0.2) is 38.8 Å². The van der Waals surface area contributed by atoms with E-state index >= 15 is 0 Å². The van der Waals surface area contributed by atoms with E-state index < -0.39 is 8.32 Å². The second-order valence-corrected chi connectivity index (χ2v) is 11.5. The molecule has 1 rings (SSSR count). The first-order valence-electron chi connectivity index (χ1n) is 6.45. The van der Waals surface area contributed by atoms with Gasteiger partial charge in [0.25, 0.3) is 0 Å². The molecule has 1 aliphatic heterocycles. The first-order chi connectivity index (χ1) is 8.23. The highest BCUT2D eigenvalue weighted by molar-refractivity contribution is 6.74. The van der Waals surface area contributed by atoms with Gasteiger partial charge in [0.2, 0.25) is 0 Å². The van der Waals surface area contributed by atoms with Crippen molar-refractivity contribution >= 4 is 25.9 Å². The van der Waals surface area contributed by atoms with Crippen molar-refractivity contribution in [1.82, 2.24) is 5.32 Å². The van der Waals surface area contributed by atoms with Gasteiger partial charge in [-0.15, -0.1) is 11.6 Å². The van der Waals surface area contributed by atoms with Crippen molar-refractivity contribution in [3.8, 4) is 0 Å². The van der Waals surface area contributed by atoms with Gasteiger partial charge in [-0.1, -0.05) is 20.8 Å². The molecular formula is C13H24ClNO2Si. The predicted molar refractivity (Wildman–Crippen MR) is 78.4 cm³/mol. The van der Waals surface area contributed by atoms with Gasteiger partial charge in [-0.25, -0.2) is 4.79 Å². The number of hydrogen-bond donors (Lipinski definition) is 1. The van der Waals surface area contributed by atoms with Crippen LogP contribution in [0.2, 0.25) is 18.1 Å². The Hall–Kier alpha value is -0.123. The zero-order chi connectivity index (χ0) is 14.0. The van der Waals surface area contributed by atoms with Gasteiger partial charge in [0.05, 0.1) is 11.7 Å². The maximum atomic E-state index is 11.1. The molecule has 3 nitrogen and oxygen atoms in total. The number of alkyl halides is 1. The largest absolute Gasteiger partial charge is 0.408 e. The summed E-state index contributed by atoms with van der Waals surface area (Å²) in [5.41, 5.74) is 0.709. The monoisotopic (exact) mass is 289 g/mol. The topological polar surface area (TPSA) is 38.3 Å². The number of carbonyl (C=O) groups excluding carboxylic acids is 1.